The minimum absolute atomic E-state index is 0.0175. The Bertz CT molecular complexity index is 1240. The topological polar surface area (TPSA) is 90.6 Å². The van der Waals surface area contributed by atoms with Gasteiger partial charge in [0.15, 0.2) is 0 Å². The second-order valence-corrected chi connectivity index (χ2v) is 8.57. The molecule has 168 valence electrons. The van der Waals surface area contributed by atoms with Crippen LogP contribution in [-0.4, -0.2) is 32.1 Å². The molecule has 1 fully saturated rings. The Kier molecular flexibility index (Phi) is 5.60. The number of rotatable bonds is 5. The van der Waals surface area contributed by atoms with E-state index in [0.29, 0.717) is 25.2 Å². The highest BCUT2D eigenvalue weighted by Gasteiger charge is 2.26. The van der Waals surface area contributed by atoms with E-state index >= 15 is 0 Å². The fraction of sp³-hybridized carbons (Fsp3) is 0.259. The fourth-order valence-corrected chi connectivity index (χ4v) is 4.77. The van der Waals surface area contributed by atoms with Crippen LogP contribution in [0.5, 0.6) is 5.75 Å². The summed E-state index contributed by atoms with van der Waals surface area (Å²) in [5.41, 5.74) is 13.0. The number of ether oxygens (including phenoxy) is 2. The first kappa shape index (κ1) is 21.2. The molecule has 33 heavy (non-hydrogen) atoms. The van der Waals surface area contributed by atoms with Gasteiger partial charge in [0, 0.05) is 30.4 Å². The molecule has 1 aliphatic carbocycles. The molecule has 0 unspecified atom stereocenters. The number of primary amides is 1. The Morgan fingerprint density at radius 2 is 1.82 bits per heavy atom. The molecule has 3 aromatic carbocycles. The van der Waals surface area contributed by atoms with Gasteiger partial charge >= 0.3 is 0 Å². The highest BCUT2D eigenvalue weighted by atomic mass is 16.5. The van der Waals surface area contributed by atoms with E-state index in [0.717, 1.165) is 57.7 Å². The number of nitrogens with one attached hydrogen (secondary N) is 1. The fourth-order valence-electron chi connectivity index (χ4n) is 4.77. The molecule has 0 bridgehead atoms. The summed E-state index contributed by atoms with van der Waals surface area (Å²) < 4.78 is 10.7. The first-order valence-corrected chi connectivity index (χ1v) is 11.2. The largest absolute Gasteiger partial charge is 0.497 e. The van der Waals surface area contributed by atoms with Gasteiger partial charge in [0.2, 0.25) is 11.8 Å². The number of methoxy groups -OCH3 is 1. The summed E-state index contributed by atoms with van der Waals surface area (Å²) in [6.07, 6.45) is 2.09. The predicted molar refractivity (Wildman–Crippen MR) is 127 cm³/mol. The predicted octanol–water partition coefficient (Wildman–Crippen LogP) is 4.40. The van der Waals surface area contributed by atoms with Gasteiger partial charge in [-0.2, -0.15) is 0 Å². The molecule has 6 heteroatoms. The summed E-state index contributed by atoms with van der Waals surface area (Å²) in [4.78, 5) is 25.0. The monoisotopic (exact) mass is 442 g/mol. The second-order valence-electron chi connectivity index (χ2n) is 8.57. The highest BCUT2D eigenvalue weighted by Crippen LogP contribution is 2.42. The van der Waals surface area contributed by atoms with Gasteiger partial charge in [0.05, 0.1) is 7.11 Å². The van der Waals surface area contributed by atoms with E-state index in [1.54, 1.807) is 7.11 Å². The van der Waals surface area contributed by atoms with E-state index in [2.05, 4.69) is 11.4 Å². The zero-order chi connectivity index (χ0) is 22.9. The Labute approximate surface area is 192 Å². The zero-order valence-corrected chi connectivity index (χ0v) is 18.5. The minimum Gasteiger partial charge on any atom is -0.497 e. The Hall–Kier alpha value is -3.64. The van der Waals surface area contributed by atoms with Crippen molar-refractivity contribution < 1.29 is 19.1 Å². The number of amides is 2. The van der Waals surface area contributed by atoms with Crippen LogP contribution in [0.4, 0.5) is 5.69 Å². The van der Waals surface area contributed by atoms with Crippen molar-refractivity contribution in [3.63, 3.8) is 0 Å². The van der Waals surface area contributed by atoms with Crippen LogP contribution in [0.1, 0.15) is 34.3 Å². The van der Waals surface area contributed by atoms with Crippen LogP contribution in [0.3, 0.4) is 0 Å². The highest BCUT2D eigenvalue weighted by molar-refractivity contribution is 6.00. The quantitative estimate of drug-likeness (QED) is 0.479. The Morgan fingerprint density at radius 3 is 2.58 bits per heavy atom. The summed E-state index contributed by atoms with van der Waals surface area (Å²) in [6.45, 7) is 1.26. The summed E-state index contributed by atoms with van der Waals surface area (Å²) in [6, 6.07) is 17.6. The molecule has 3 aromatic rings. The van der Waals surface area contributed by atoms with E-state index in [9.17, 15) is 9.59 Å². The van der Waals surface area contributed by atoms with Crippen molar-refractivity contribution in [1.82, 2.24) is 0 Å². The van der Waals surface area contributed by atoms with Crippen LogP contribution in [0, 0.1) is 5.92 Å². The number of fused-ring (bicyclic) bond motifs is 3. The lowest BCUT2D eigenvalue weighted by Gasteiger charge is -2.21. The van der Waals surface area contributed by atoms with E-state index in [-0.39, 0.29) is 11.8 Å². The first-order valence-electron chi connectivity index (χ1n) is 11.2. The molecule has 1 saturated heterocycles. The molecule has 0 spiro atoms. The standard InChI is InChI=1S/C27H26N2O4/c1-32-21-4-2-3-17(12-21)18-13-23-22-6-5-20(29-27(31)16-7-9-33-10-8-16)11-19(22)15-24(23)25(14-18)26(28)30/h2-6,11-14,16H,7-10,15H2,1H3,(H2,28,30)(H,29,31). The van der Waals surface area contributed by atoms with Crippen LogP contribution in [0.25, 0.3) is 22.3 Å². The lowest BCUT2D eigenvalue weighted by Crippen LogP contribution is -2.28. The molecule has 6 nitrogen and oxygen atoms in total. The van der Waals surface area contributed by atoms with Gasteiger partial charge in [-0.25, -0.2) is 0 Å². The number of carbonyl (C=O) groups excluding carboxylic acids is 2. The number of hydrogen-bond acceptors (Lipinski definition) is 4. The molecule has 1 heterocycles. The molecule has 0 saturated carbocycles. The average molecular weight is 443 g/mol. The molecular weight excluding hydrogens is 416 g/mol. The second kappa shape index (κ2) is 8.71. The van der Waals surface area contributed by atoms with Gasteiger partial charge in [-0.15, -0.1) is 0 Å². The lowest BCUT2D eigenvalue weighted by molar-refractivity contribution is -0.122. The van der Waals surface area contributed by atoms with E-state index in [1.165, 1.54) is 0 Å². The van der Waals surface area contributed by atoms with Gasteiger partial charge in [0.1, 0.15) is 5.75 Å². The average Bonchev–Trinajstić information content (AvgIpc) is 3.21. The molecule has 2 aliphatic rings. The summed E-state index contributed by atoms with van der Waals surface area (Å²) in [5.74, 6) is 0.318. The van der Waals surface area contributed by atoms with Crippen LogP contribution in [-0.2, 0) is 16.0 Å². The number of carbonyl (C=O) groups is 2. The molecule has 5 rings (SSSR count). The van der Waals surface area contributed by atoms with Crippen LogP contribution in [0.15, 0.2) is 54.6 Å². The first-order chi connectivity index (χ1) is 16.0. The maximum atomic E-state index is 12.6. The van der Waals surface area contributed by atoms with Crippen molar-refractivity contribution in [3.8, 4) is 28.0 Å². The van der Waals surface area contributed by atoms with Gasteiger partial charge in [-0.1, -0.05) is 18.2 Å². The van der Waals surface area contributed by atoms with Crippen molar-refractivity contribution in [3.05, 3.63) is 71.3 Å². The molecule has 0 aromatic heterocycles. The molecular formula is C27H26N2O4. The SMILES string of the molecule is COc1cccc(-c2cc(C(N)=O)c3c(c2)-c2ccc(NC(=O)C4CCOCC4)cc2C3)c1. The van der Waals surface area contributed by atoms with Gasteiger partial charge < -0.3 is 20.5 Å². The molecule has 2 amide bonds. The van der Waals surface area contributed by atoms with E-state index < -0.39 is 5.91 Å². The van der Waals surface area contributed by atoms with E-state index in [1.807, 2.05) is 48.5 Å². The minimum atomic E-state index is -0.447. The third-order valence-electron chi connectivity index (χ3n) is 6.54. The summed E-state index contributed by atoms with van der Waals surface area (Å²) in [5, 5.41) is 3.06. The number of nitrogens with two attached hydrogens (primary N) is 1. The van der Waals surface area contributed by atoms with Crippen LogP contribution in [0.2, 0.25) is 0 Å². The van der Waals surface area contributed by atoms with Crippen molar-refractivity contribution in [1.29, 1.82) is 0 Å². The van der Waals surface area contributed by atoms with Gasteiger partial charge in [-0.3, -0.25) is 9.59 Å². The zero-order valence-electron chi connectivity index (χ0n) is 18.5. The number of anilines is 1. The molecule has 1 aliphatic heterocycles. The summed E-state index contributed by atoms with van der Waals surface area (Å²) >= 11 is 0. The van der Waals surface area contributed by atoms with Crippen molar-refractivity contribution in [2.24, 2.45) is 11.7 Å². The molecule has 3 N–H and O–H groups in total. The smallest absolute Gasteiger partial charge is 0.249 e. The van der Waals surface area contributed by atoms with Crippen molar-refractivity contribution in [2.45, 2.75) is 19.3 Å². The van der Waals surface area contributed by atoms with Crippen LogP contribution >= 0.6 is 0 Å². The Balaban J connectivity index is 1.49. The van der Waals surface area contributed by atoms with Crippen LogP contribution < -0.4 is 15.8 Å². The van der Waals surface area contributed by atoms with Gasteiger partial charge in [0.25, 0.3) is 0 Å². The van der Waals surface area contributed by atoms with Crippen molar-refractivity contribution in [2.75, 3.05) is 25.6 Å². The third kappa shape index (κ3) is 4.10. The number of hydrogen-bond donors (Lipinski definition) is 2. The van der Waals surface area contributed by atoms with E-state index in [4.69, 9.17) is 15.2 Å². The Morgan fingerprint density at radius 1 is 1.00 bits per heavy atom. The lowest BCUT2D eigenvalue weighted by atomic mass is 9.94. The molecule has 0 radical (unpaired) electrons. The maximum Gasteiger partial charge on any atom is 0.249 e. The normalized spacial score (nSPS) is 14.9. The summed E-state index contributed by atoms with van der Waals surface area (Å²) in [7, 11) is 1.63. The third-order valence-corrected chi connectivity index (χ3v) is 6.54. The van der Waals surface area contributed by atoms with Gasteiger partial charge in [-0.05, 0) is 89.0 Å². The van der Waals surface area contributed by atoms with Crippen molar-refractivity contribution >= 4 is 17.5 Å². The molecule has 0 atom stereocenters. The number of benzene rings is 3. The maximum absolute atomic E-state index is 12.6.